The van der Waals surface area contributed by atoms with Gasteiger partial charge in [0.05, 0.1) is 20.3 Å². The van der Waals surface area contributed by atoms with Gasteiger partial charge in [-0.1, -0.05) is 30.3 Å². The molecule has 1 aromatic heterocycles. The molecule has 2 atom stereocenters. The minimum absolute atomic E-state index is 0.0436. The smallest absolute Gasteiger partial charge is 0.278 e. The molecule has 43 heavy (non-hydrogen) atoms. The van der Waals surface area contributed by atoms with Gasteiger partial charge in [-0.3, -0.25) is 24.1 Å². The third kappa shape index (κ3) is 5.26. The number of hydrogen-bond acceptors (Lipinski definition) is 7. The van der Waals surface area contributed by atoms with Crippen LogP contribution in [0, 0.1) is 17.5 Å². The van der Waals surface area contributed by atoms with Crippen LogP contribution >= 0.6 is 0 Å². The highest BCUT2D eigenvalue weighted by Crippen LogP contribution is 2.33. The van der Waals surface area contributed by atoms with Crippen molar-refractivity contribution < 1.29 is 37.0 Å². The summed E-state index contributed by atoms with van der Waals surface area (Å²) in [7, 11) is 2.94. The molecule has 2 aromatic carbocycles. The number of nitrogens with zero attached hydrogens (tertiary/aromatic N) is 3. The van der Waals surface area contributed by atoms with Crippen molar-refractivity contribution in [2.45, 2.75) is 39.1 Å². The Bertz CT molecular complexity index is 1650. The number of ether oxygens (including phenoxy) is 3. The van der Waals surface area contributed by atoms with Gasteiger partial charge in [0, 0.05) is 30.4 Å². The quantitative estimate of drug-likeness (QED) is 0.424. The summed E-state index contributed by atoms with van der Waals surface area (Å²) >= 11 is 0. The Morgan fingerprint density at radius 2 is 1.60 bits per heavy atom. The molecular weight excluding hydrogens is 569 g/mol. The van der Waals surface area contributed by atoms with Gasteiger partial charge in [-0.05, 0) is 19.4 Å². The number of fused-ring (bicyclic) bond motifs is 4. The van der Waals surface area contributed by atoms with E-state index in [1.54, 1.807) is 43.1 Å². The summed E-state index contributed by atoms with van der Waals surface area (Å²) in [4.78, 5) is 42.6. The highest BCUT2D eigenvalue weighted by Gasteiger charge is 2.44. The van der Waals surface area contributed by atoms with E-state index in [1.807, 2.05) is 6.07 Å². The summed E-state index contributed by atoms with van der Waals surface area (Å²) in [6, 6.07) is 8.77. The summed E-state index contributed by atoms with van der Waals surface area (Å²) in [6.45, 7) is 2.84. The fourth-order valence-corrected chi connectivity index (χ4v) is 5.27. The Labute approximate surface area is 244 Å². The number of aromatic nitrogens is 1. The Morgan fingerprint density at radius 3 is 2.23 bits per heavy atom. The largest absolute Gasteiger partial charge is 0.495 e. The Morgan fingerprint density at radius 1 is 0.977 bits per heavy atom. The average Bonchev–Trinajstić information content (AvgIpc) is 3.07. The number of hydrogen-bond donors (Lipinski definition) is 1. The molecule has 0 radical (unpaired) electrons. The fraction of sp³-hybridized carbons (Fsp3) is 0.300. The highest BCUT2D eigenvalue weighted by atomic mass is 19.1. The zero-order valence-corrected chi connectivity index (χ0v) is 23.8. The zero-order chi connectivity index (χ0) is 31.0. The van der Waals surface area contributed by atoms with E-state index >= 15 is 0 Å². The van der Waals surface area contributed by atoms with E-state index in [9.17, 15) is 27.6 Å². The number of methoxy groups -OCH3 is 2. The lowest BCUT2D eigenvalue weighted by atomic mass is 10.1. The van der Waals surface area contributed by atoms with Crippen LogP contribution in [0.15, 0.2) is 65.0 Å². The number of rotatable bonds is 8. The molecule has 226 valence electrons. The summed E-state index contributed by atoms with van der Waals surface area (Å²) in [5.41, 5.74) is -1.36. The topological polar surface area (TPSA) is 102 Å². The van der Waals surface area contributed by atoms with E-state index in [1.165, 1.54) is 30.0 Å². The molecule has 1 N–H and O–H groups in total. The third-order valence-electron chi connectivity index (χ3n) is 7.54. The van der Waals surface area contributed by atoms with Crippen LogP contribution in [0.25, 0.3) is 0 Å². The van der Waals surface area contributed by atoms with Gasteiger partial charge in [-0.2, -0.15) is 0 Å². The predicted molar refractivity (Wildman–Crippen MR) is 148 cm³/mol. The second kappa shape index (κ2) is 11.7. The lowest BCUT2D eigenvalue weighted by Gasteiger charge is -2.42. The molecule has 0 saturated heterocycles. The second-order valence-electron chi connectivity index (χ2n) is 10.0. The van der Waals surface area contributed by atoms with Crippen molar-refractivity contribution >= 4 is 11.8 Å². The number of amides is 2. The number of pyridine rings is 1. The SMILES string of the molecule is COC1=C(OC)[C@H](C)N2CN([C@@H]1C)n1cc(C(=O)NCc3c(F)cc(F)cc3F)c(=O)c(OCc3ccccc3)c1C2=O. The Hall–Kier alpha value is -4.94. The number of benzene rings is 2. The standard InChI is InChI=1S/C30H29F3N4O6/c1-16-26(41-3)27(42-4)17(2)37-15-35(16)30(40)24-28(43-14-18-8-6-5-7-9-18)25(38)21(13-36(24)37)29(39)34-12-20-22(32)10-19(31)11-23(20)33/h5-11,13,16-17H,12,14-15H2,1-4H3,(H,34,39)/t16-,17+/m0/s1. The van der Waals surface area contributed by atoms with Crippen molar-refractivity contribution in [3.05, 3.63) is 110 Å². The lowest BCUT2D eigenvalue weighted by Crippen LogP contribution is -2.58. The first-order valence-corrected chi connectivity index (χ1v) is 13.3. The number of carbonyl (C=O) groups is 2. The fourth-order valence-electron chi connectivity index (χ4n) is 5.27. The first-order valence-electron chi connectivity index (χ1n) is 13.3. The molecule has 0 unspecified atom stereocenters. The molecule has 3 aromatic rings. The van der Waals surface area contributed by atoms with E-state index in [0.29, 0.717) is 29.2 Å². The van der Waals surface area contributed by atoms with Crippen molar-refractivity contribution in [1.29, 1.82) is 0 Å². The van der Waals surface area contributed by atoms with Crippen LogP contribution in [0.4, 0.5) is 13.2 Å². The molecule has 0 saturated carbocycles. The summed E-state index contributed by atoms with van der Waals surface area (Å²) < 4.78 is 60.4. The third-order valence-corrected chi connectivity index (χ3v) is 7.54. The minimum atomic E-state index is -1.20. The molecule has 0 spiro atoms. The molecule has 2 amide bonds. The minimum Gasteiger partial charge on any atom is -0.495 e. The molecule has 2 aliphatic heterocycles. The van der Waals surface area contributed by atoms with Crippen LogP contribution in [0.5, 0.6) is 5.75 Å². The molecule has 2 bridgehead atoms. The van der Waals surface area contributed by atoms with E-state index in [-0.39, 0.29) is 24.7 Å². The first kappa shape index (κ1) is 29.5. The van der Waals surface area contributed by atoms with Gasteiger partial charge in [-0.15, -0.1) is 0 Å². The lowest BCUT2D eigenvalue weighted by molar-refractivity contribution is 0.0596. The van der Waals surface area contributed by atoms with Crippen molar-refractivity contribution in [1.82, 2.24) is 14.9 Å². The first-order chi connectivity index (χ1) is 20.6. The summed E-state index contributed by atoms with van der Waals surface area (Å²) in [5.74, 6) is -4.58. The van der Waals surface area contributed by atoms with Crippen LogP contribution in [-0.2, 0) is 22.6 Å². The van der Waals surface area contributed by atoms with Crippen LogP contribution in [-0.4, -0.2) is 54.4 Å². The van der Waals surface area contributed by atoms with Gasteiger partial charge in [0.2, 0.25) is 5.43 Å². The molecular formula is C30H29F3N4O6. The van der Waals surface area contributed by atoms with Gasteiger partial charge >= 0.3 is 0 Å². The zero-order valence-electron chi connectivity index (χ0n) is 23.8. The Balaban J connectivity index is 1.62. The summed E-state index contributed by atoms with van der Waals surface area (Å²) in [6.07, 6.45) is 1.18. The molecule has 0 aliphatic carbocycles. The van der Waals surface area contributed by atoms with E-state index in [0.717, 1.165) is 0 Å². The van der Waals surface area contributed by atoms with Crippen LogP contribution in [0.1, 0.15) is 45.8 Å². The van der Waals surface area contributed by atoms with Gasteiger partial charge in [0.1, 0.15) is 42.3 Å². The van der Waals surface area contributed by atoms with Gasteiger partial charge < -0.3 is 24.4 Å². The van der Waals surface area contributed by atoms with Crippen LogP contribution in [0.2, 0.25) is 0 Å². The normalized spacial score (nSPS) is 17.8. The van der Waals surface area contributed by atoms with E-state index in [4.69, 9.17) is 14.2 Å². The van der Waals surface area contributed by atoms with E-state index in [2.05, 4.69) is 5.32 Å². The van der Waals surface area contributed by atoms with Gasteiger partial charge in [-0.25, -0.2) is 13.2 Å². The van der Waals surface area contributed by atoms with Crippen molar-refractivity contribution in [3.8, 4) is 5.75 Å². The van der Waals surface area contributed by atoms with Crippen molar-refractivity contribution in [2.24, 2.45) is 0 Å². The Kier molecular flexibility index (Phi) is 8.07. The van der Waals surface area contributed by atoms with E-state index < -0.39 is 64.5 Å². The average molecular weight is 599 g/mol. The maximum absolute atomic E-state index is 14.2. The van der Waals surface area contributed by atoms with Crippen LogP contribution < -0.4 is 20.5 Å². The maximum Gasteiger partial charge on any atom is 0.278 e. The van der Waals surface area contributed by atoms with Crippen molar-refractivity contribution in [2.75, 3.05) is 25.9 Å². The molecule has 10 nitrogen and oxygen atoms in total. The molecule has 2 aliphatic rings. The molecule has 5 rings (SSSR count). The predicted octanol–water partition coefficient (Wildman–Crippen LogP) is 3.42. The highest BCUT2D eigenvalue weighted by molar-refractivity contribution is 5.99. The van der Waals surface area contributed by atoms with Crippen LogP contribution in [0.3, 0.4) is 0 Å². The molecule has 0 fully saturated rings. The number of carbonyl (C=O) groups excluding carboxylic acids is 2. The molecule has 3 heterocycles. The second-order valence-corrected chi connectivity index (χ2v) is 10.0. The molecule has 13 heteroatoms. The summed E-state index contributed by atoms with van der Waals surface area (Å²) in [5, 5.41) is 4.02. The maximum atomic E-state index is 14.2. The monoisotopic (exact) mass is 598 g/mol. The number of halogens is 3. The van der Waals surface area contributed by atoms with Crippen molar-refractivity contribution in [3.63, 3.8) is 0 Å². The van der Waals surface area contributed by atoms with Gasteiger partial charge in [0.15, 0.2) is 23.0 Å². The van der Waals surface area contributed by atoms with Gasteiger partial charge in [0.25, 0.3) is 11.8 Å². The number of nitrogens with one attached hydrogen (secondary N) is 1.